The Morgan fingerprint density at radius 2 is 2.11 bits per heavy atom. The zero-order valence-electron chi connectivity index (χ0n) is 10.2. The van der Waals surface area contributed by atoms with E-state index in [9.17, 15) is 9.90 Å². The second kappa shape index (κ2) is 5.97. The zero-order valence-corrected chi connectivity index (χ0v) is 12.6. The third-order valence-corrected chi connectivity index (χ3v) is 5.06. The summed E-state index contributed by atoms with van der Waals surface area (Å²) >= 11 is 5.09. The number of phenols is 1. The van der Waals surface area contributed by atoms with Crippen molar-refractivity contribution in [1.29, 1.82) is 0 Å². The van der Waals surface area contributed by atoms with Gasteiger partial charge in [0.1, 0.15) is 5.75 Å². The molecule has 1 heterocycles. The van der Waals surface area contributed by atoms with Crippen molar-refractivity contribution in [3.63, 3.8) is 0 Å². The maximum absolute atomic E-state index is 12.3. The van der Waals surface area contributed by atoms with Gasteiger partial charge >= 0.3 is 0 Å². The normalized spacial score (nSPS) is 16.9. The molecule has 1 aromatic rings. The van der Waals surface area contributed by atoms with Gasteiger partial charge in [-0.05, 0) is 53.2 Å². The summed E-state index contributed by atoms with van der Waals surface area (Å²) in [6.45, 7) is 1.61. The molecule has 1 saturated heterocycles. The van der Waals surface area contributed by atoms with E-state index in [1.165, 1.54) is 6.07 Å². The average molecular weight is 330 g/mol. The number of carbonyl (C=O) groups is 1. The van der Waals surface area contributed by atoms with Crippen LogP contribution in [0.15, 0.2) is 22.7 Å². The Labute approximate surface area is 120 Å². The molecule has 0 unspecified atom stereocenters. The molecule has 0 spiro atoms. The van der Waals surface area contributed by atoms with E-state index in [4.69, 9.17) is 0 Å². The predicted octanol–water partition coefficient (Wildman–Crippen LogP) is 3.12. The number of hydrogen-bond acceptors (Lipinski definition) is 3. The third kappa shape index (κ3) is 3.01. The Balaban J connectivity index is 2.05. The van der Waals surface area contributed by atoms with Gasteiger partial charge in [-0.1, -0.05) is 0 Å². The van der Waals surface area contributed by atoms with Crippen LogP contribution in [-0.2, 0) is 0 Å². The van der Waals surface area contributed by atoms with E-state index in [0.29, 0.717) is 15.3 Å². The SMILES string of the molecule is CSC1CCN(C(=O)c2ccc(Br)c(O)c2)CC1. The van der Waals surface area contributed by atoms with Crippen LogP contribution in [0.25, 0.3) is 0 Å². The molecule has 0 bridgehead atoms. The van der Waals surface area contributed by atoms with E-state index in [1.54, 1.807) is 12.1 Å². The van der Waals surface area contributed by atoms with Crippen LogP contribution < -0.4 is 0 Å². The van der Waals surface area contributed by atoms with Crippen LogP contribution in [0.3, 0.4) is 0 Å². The Bertz CT molecular complexity index is 445. The maximum atomic E-state index is 12.3. The first kappa shape index (κ1) is 13.7. The highest BCUT2D eigenvalue weighted by Crippen LogP contribution is 2.26. The summed E-state index contributed by atoms with van der Waals surface area (Å²) in [4.78, 5) is 14.1. The number of phenolic OH excluding ortho intramolecular Hbond substituents is 1. The molecule has 3 nitrogen and oxygen atoms in total. The summed E-state index contributed by atoms with van der Waals surface area (Å²) in [7, 11) is 0. The lowest BCUT2D eigenvalue weighted by atomic mass is 10.1. The highest BCUT2D eigenvalue weighted by atomic mass is 79.9. The Morgan fingerprint density at radius 1 is 1.44 bits per heavy atom. The molecule has 18 heavy (non-hydrogen) atoms. The number of amides is 1. The summed E-state index contributed by atoms with van der Waals surface area (Å²) in [6, 6.07) is 4.97. The number of thioether (sulfide) groups is 1. The number of aromatic hydroxyl groups is 1. The second-order valence-corrected chi connectivity index (χ2v) is 6.39. The van der Waals surface area contributed by atoms with Crippen molar-refractivity contribution in [3.05, 3.63) is 28.2 Å². The van der Waals surface area contributed by atoms with Crippen molar-refractivity contribution in [3.8, 4) is 5.75 Å². The van der Waals surface area contributed by atoms with Crippen LogP contribution in [0.1, 0.15) is 23.2 Å². The van der Waals surface area contributed by atoms with Crippen molar-refractivity contribution in [1.82, 2.24) is 4.90 Å². The molecule has 0 atom stereocenters. The average Bonchev–Trinajstić information content (AvgIpc) is 2.41. The summed E-state index contributed by atoms with van der Waals surface area (Å²) in [5.74, 6) is 0.122. The largest absolute Gasteiger partial charge is 0.507 e. The number of rotatable bonds is 2. The molecule has 1 aliphatic rings. The van der Waals surface area contributed by atoms with Crippen LogP contribution in [0.2, 0.25) is 0 Å². The fourth-order valence-electron chi connectivity index (χ4n) is 2.12. The molecule has 1 amide bonds. The summed E-state index contributed by atoms with van der Waals surface area (Å²) in [5.41, 5.74) is 0.554. The van der Waals surface area contributed by atoms with Crippen LogP contribution in [0.4, 0.5) is 0 Å². The quantitative estimate of drug-likeness (QED) is 0.906. The van der Waals surface area contributed by atoms with Crippen LogP contribution >= 0.6 is 27.7 Å². The number of carbonyl (C=O) groups excluding carboxylic acids is 1. The van der Waals surface area contributed by atoms with Crippen LogP contribution in [0, 0.1) is 0 Å². The molecule has 98 valence electrons. The van der Waals surface area contributed by atoms with Gasteiger partial charge in [0.25, 0.3) is 5.91 Å². The molecule has 0 radical (unpaired) electrons. The molecular weight excluding hydrogens is 314 g/mol. The lowest BCUT2D eigenvalue weighted by Crippen LogP contribution is -2.39. The minimum absolute atomic E-state index is 0.0114. The first-order valence-electron chi connectivity index (χ1n) is 5.92. The molecule has 5 heteroatoms. The molecule has 1 aromatic carbocycles. The van der Waals surface area contributed by atoms with E-state index < -0.39 is 0 Å². The summed E-state index contributed by atoms with van der Waals surface area (Å²) in [6.07, 6.45) is 4.22. The predicted molar refractivity (Wildman–Crippen MR) is 78.2 cm³/mol. The summed E-state index contributed by atoms with van der Waals surface area (Å²) in [5, 5.41) is 10.3. The van der Waals surface area contributed by atoms with Crippen molar-refractivity contribution < 1.29 is 9.90 Å². The Hall–Kier alpha value is -0.680. The first-order valence-corrected chi connectivity index (χ1v) is 8.00. The van der Waals surface area contributed by atoms with Gasteiger partial charge in [-0.2, -0.15) is 11.8 Å². The third-order valence-electron chi connectivity index (χ3n) is 3.26. The van der Waals surface area contributed by atoms with Gasteiger partial charge in [0, 0.05) is 23.9 Å². The number of halogens is 1. The molecule has 2 rings (SSSR count). The molecule has 0 aliphatic carbocycles. The Morgan fingerprint density at radius 3 is 2.67 bits per heavy atom. The highest BCUT2D eigenvalue weighted by molar-refractivity contribution is 9.10. The molecule has 1 N–H and O–H groups in total. The van der Waals surface area contributed by atoms with Crippen LogP contribution in [0.5, 0.6) is 5.75 Å². The van der Waals surface area contributed by atoms with Crippen molar-refractivity contribution >= 4 is 33.6 Å². The monoisotopic (exact) mass is 329 g/mol. The Kier molecular flexibility index (Phi) is 4.56. The molecular formula is C13H16BrNO2S. The van der Waals surface area contributed by atoms with Gasteiger partial charge in [0.05, 0.1) is 4.47 Å². The van der Waals surface area contributed by atoms with E-state index >= 15 is 0 Å². The fourth-order valence-corrected chi connectivity index (χ4v) is 3.05. The van der Waals surface area contributed by atoms with Gasteiger partial charge in [0.15, 0.2) is 0 Å². The van der Waals surface area contributed by atoms with Gasteiger partial charge in [-0.25, -0.2) is 0 Å². The molecule has 1 aliphatic heterocycles. The van der Waals surface area contributed by atoms with Gasteiger partial charge in [0.2, 0.25) is 0 Å². The molecule has 1 fully saturated rings. The smallest absolute Gasteiger partial charge is 0.253 e. The zero-order chi connectivity index (χ0) is 13.1. The number of nitrogens with zero attached hydrogens (tertiary/aromatic N) is 1. The van der Waals surface area contributed by atoms with E-state index in [0.717, 1.165) is 25.9 Å². The first-order chi connectivity index (χ1) is 8.61. The van der Waals surface area contributed by atoms with Crippen LogP contribution in [-0.4, -0.2) is 40.5 Å². The number of benzene rings is 1. The van der Waals surface area contributed by atoms with Crippen molar-refractivity contribution in [2.24, 2.45) is 0 Å². The maximum Gasteiger partial charge on any atom is 0.253 e. The minimum Gasteiger partial charge on any atom is -0.507 e. The van der Waals surface area contributed by atoms with E-state index in [1.807, 2.05) is 16.7 Å². The fraction of sp³-hybridized carbons (Fsp3) is 0.462. The molecule has 0 saturated carbocycles. The van der Waals surface area contributed by atoms with E-state index in [2.05, 4.69) is 22.2 Å². The van der Waals surface area contributed by atoms with Gasteiger partial charge in [-0.3, -0.25) is 4.79 Å². The second-order valence-electron chi connectivity index (χ2n) is 4.39. The number of hydrogen-bond donors (Lipinski definition) is 1. The van der Waals surface area contributed by atoms with Crippen molar-refractivity contribution in [2.45, 2.75) is 18.1 Å². The van der Waals surface area contributed by atoms with E-state index in [-0.39, 0.29) is 11.7 Å². The lowest BCUT2D eigenvalue weighted by Gasteiger charge is -2.31. The summed E-state index contributed by atoms with van der Waals surface area (Å²) < 4.78 is 0.611. The highest BCUT2D eigenvalue weighted by Gasteiger charge is 2.23. The topological polar surface area (TPSA) is 40.5 Å². The van der Waals surface area contributed by atoms with Gasteiger partial charge in [-0.15, -0.1) is 0 Å². The standard InChI is InChI=1S/C13H16BrNO2S/c1-18-10-4-6-15(7-5-10)13(17)9-2-3-11(14)12(16)8-9/h2-3,8,10,16H,4-7H2,1H3. The lowest BCUT2D eigenvalue weighted by molar-refractivity contribution is 0.0727. The number of piperidine rings is 1. The van der Waals surface area contributed by atoms with Crippen molar-refractivity contribution in [2.75, 3.05) is 19.3 Å². The number of likely N-dealkylation sites (tertiary alicyclic amines) is 1. The minimum atomic E-state index is 0.0114. The molecule has 0 aromatic heterocycles. The van der Waals surface area contributed by atoms with Gasteiger partial charge < -0.3 is 10.0 Å².